The average Bonchev–Trinajstić information content (AvgIpc) is 2.17. The molecular formula is C12H15BrO2. The molecule has 0 saturated heterocycles. The standard InChI is InChI=1S/C12H15BrO2/c1-9(2)7-8-15-12(14)10-5-3-4-6-11(10)13/h3-6,9H,7-8H2,1-2H3. The molecule has 1 rings (SSSR count). The minimum Gasteiger partial charge on any atom is -0.462 e. The summed E-state index contributed by atoms with van der Waals surface area (Å²) in [5.74, 6) is 0.292. The summed E-state index contributed by atoms with van der Waals surface area (Å²) in [6.07, 6.45) is 0.899. The zero-order valence-electron chi connectivity index (χ0n) is 9.00. The van der Waals surface area contributed by atoms with Crippen LogP contribution in [0.1, 0.15) is 30.6 Å². The number of ether oxygens (including phenoxy) is 1. The summed E-state index contributed by atoms with van der Waals surface area (Å²) in [5.41, 5.74) is 0.584. The zero-order chi connectivity index (χ0) is 11.3. The fourth-order valence-electron chi connectivity index (χ4n) is 1.09. The van der Waals surface area contributed by atoms with Crippen molar-refractivity contribution in [2.75, 3.05) is 6.61 Å². The molecule has 2 nitrogen and oxygen atoms in total. The third kappa shape index (κ3) is 4.04. The van der Waals surface area contributed by atoms with E-state index in [1.54, 1.807) is 6.07 Å². The lowest BCUT2D eigenvalue weighted by Crippen LogP contribution is -2.08. The number of carbonyl (C=O) groups excluding carboxylic acids is 1. The summed E-state index contributed by atoms with van der Waals surface area (Å²) in [7, 11) is 0. The Balaban J connectivity index is 2.51. The molecular weight excluding hydrogens is 256 g/mol. The molecule has 0 atom stereocenters. The van der Waals surface area contributed by atoms with Crippen LogP contribution in [0.4, 0.5) is 0 Å². The first-order chi connectivity index (χ1) is 7.11. The number of hydrogen-bond acceptors (Lipinski definition) is 2. The van der Waals surface area contributed by atoms with E-state index in [1.807, 2.05) is 18.2 Å². The van der Waals surface area contributed by atoms with E-state index in [9.17, 15) is 4.79 Å². The van der Waals surface area contributed by atoms with Crippen molar-refractivity contribution in [1.29, 1.82) is 0 Å². The summed E-state index contributed by atoms with van der Waals surface area (Å²) in [4.78, 5) is 11.6. The molecule has 0 bridgehead atoms. The lowest BCUT2D eigenvalue weighted by molar-refractivity contribution is 0.0487. The van der Waals surface area contributed by atoms with Gasteiger partial charge in [-0.05, 0) is 40.4 Å². The van der Waals surface area contributed by atoms with E-state index in [-0.39, 0.29) is 5.97 Å². The Morgan fingerprint density at radius 2 is 2.07 bits per heavy atom. The van der Waals surface area contributed by atoms with Crippen LogP contribution in [0.3, 0.4) is 0 Å². The molecule has 0 radical (unpaired) electrons. The van der Waals surface area contributed by atoms with Gasteiger partial charge in [0, 0.05) is 4.47 Å². The molecule has 0 spiro atoms. The van der Waals surface area contributed by atoms with Gasteiger partial charge < -0.3 is 4.74 Å². The lowest BCUT2D eigenvalue weighted by Gasteiger charge is -2.07. The maximum Gasteiger partial charge on any atom is 0.339 e. The molecule has 0 aliphatic heterocycles. The van der Waals surface area contributed by atoms with E-state index in [1.165, 1.54) is 0 Å². The summed E-state index contributed by atoms with van der Waals surface area (Å²) in [6.45, 7) is 4.69. The lowest BCUT2D eigenvalue weighted by atomic mass is 10.1. The molecule has 82 valence electrons. The Labute approximate surface area is 98.8 Å². The number of benzene rings is 1. The maximum absolute atomic E-state index is 11.6. The maximum atomic E-state index is 11.6. The van der Waals surface area contributed by atoms with E-state index in [4.69, 9.17) is 4.74 Å². The number of halogens is 1. The summed E-state index contributed by atoms with van der Waals surface area (Å²) in [6, 6.07) is 7.28. The van der Waals surface area contributed by atoms with Gasteiger partial charge in [-0.15, -0.1) is 0 Å². The fourth-order valence-corrected chi connectivity index (χ4v) is 1.54. The molecule has 15 heavy (non-hydrogen) atoms. The second kappa shape index (κ2) is 5.91. The average molecular weight is 271 g/mol. The fraction of sp³-hybridized carbons (Fsp3) is 0.417. The molecule has 0 fully saturated rings. The molecule has 0 saturated carbocycles. The third-order valence-corrected chi connectivity index (χ3v) is 2.71. The molecule has 0 heterocycles. The largest absolute Gasteiger partial charge is 0.462 e. The summed E-state index contributed by atoms with van der Waals surface area (Å²) >= 11 is 3.32. The number of hydrogen-bond donors (Lipinski definition) is 0. The predicted octanol–water partition coefficient (Wildman–Crippen LogP) is 3.65. The highest BCUT2D eigenvalue weighted by Gasteiger charge is 2.10. The van der Waals surface area contributed by atoms with E-state index in [0.717, 1.165) is 10.9 Å². The SMILES string of the molecule is CC(C)CCOC(=O)c1ccccc1Br. The first-order valence-electron chi connectivity index (χ1n) is 5.03. The topological polar surface area (TPSA) is 26.3 Å². The summed E-state index contributed by atoms with van der Waals surface area (Å²) in [5, 5.41) is 0. The van der Waals surface area contributed by atoms with Crippen molar-refractivity contribution in [2.45, 2.75) is 20.3 Å². The zero-order valence-corrected chi connectivity index (χ0v) is 10.6. The van der Waals surface area contributed by atoms with Gasteiger partial charge in [0.25, 0.3) is 0 Å². The molecule has 3 heteroatoms. The minimum absolute atomic E-state index is 0.261. The second-order valence-electron chi connectivity index (χ2n) is 3.80. The Hall–Kier alpha value is -0.830. The van der Waals surface area contributed by atoms with Crippen molar-refractivity contribution in [2.24, 2.45) is 5.92 Å². The summed E-state index contributed by atoms with van der Waals surface area (Å²) < 4.78 is 5.93. The van der Waals surface area contributed by atoms with Crippen LogP contribution in [0.5, 0.6) is 0 Å². The third-order valence-electron chi connectivity index (χ3n) is 2.02. The van der Waals surface area contributed by atoms with E-state index < -0.39 is 0 Å². The highest BCUT2D eigenvalue weighted by Crippen LogP contribution is 2.16. The van der Waals surface area contributed by atoms with Crippen molar-refractivity contribution < 1.29 is 9.53 Å². The smallest absolute Gasteiger partial charge is 0.339 e. The van der Waals surface area contributed by atoms with E-state index in [0.29, 0.717) is 18.1 Å². The van der Waals surface area contributed by atoms with E-state index in [2.05, 4.69) is 29.8 Å². The highest BCUT2D eigenvalue weighted by molar-refractivity contribution is 9.10. The Kier molecular flexibility index (Phi) is 4.82. The monoisotopic (exact) mass is 270 g/mol. The van der Waals surface area contributed by atoms with Gasteiger partial charge >= 0.3 is 5.97 Å². The van der Waals surface area contributed by atoms with E-state index >= 15 is 0 Å². The number of carbonyl (C=O) groups is 1. The van der Waals surface area contributed by atoms with Crippen LogP contribution in [-0.2, 0) is 4.74 Å². The molecule has 0 aliphatic carbocycles. The number of esters is 1. The minimum atomic E-state index is -0.261. The molecule has 0 aliphatic rings. The van der Waals surface area contributed by atoms with Crippen LogP contribution < -0.4 is 0 Å². The predicted molar refractivity (Wildman–Crippen MR) is 63.9 cm³/mol. The Morgan fingerprint density at radius 3 is 2.67 bits per heavy atom. The Bertz CT molecular complexity index is 334. The van der Waals surface area contributed by atoms with Gasteiger partial charge in [-0.1, -0.05) is 26.0 Å². The van der Waals surface area contributed by atoms with Gasteiger partial charge in [0.2, 0.25) is 0 Å². The van der Waals surface area contributed by atoms with Crippen LogP contribution in [0.25, 0.3) is 0 Å². The molecule has 0 amide bonds. The van der Waals surface area contributed by atoms with Gasteiger partial charge in [0.05, 0.1) is 12.2 Å². The Morgan fingerprint density at radius 1 is 1.40 bits per heavy atom. The van der Waals surface area contributed by atoms with Crippen LogP contribution in [0.2, 0.25) is 0 Å². The molecule has 1 aromatic carbocycles. The normalized spacial score (nSPS) is 10.4. The van der Waals surface area contributed by atoms with Crippen molar-refractivity contribution >= 4 is 21.9 Å². The van der Waals surface area contributed by atoms with Crippen molar-refractivity contribution in [3.63, 3.8) is 0 Å². The molecule has 0 unspecified atom stereocenters. The number of rotatable bonds is 4. The van der Waals surface area contributed by atoms with Gasteiger partial charge in [0.1, 0.15) is 0 Å². The van der Waals surface area contributed by atoms with Gasteiger partial charge in [-0.2, -0.15) is 0 Å². The van der Waals surface area contributed by atoms with Crippen LogP contribution >= 0.6 is 15.9 Å². The first kappa shape index (κ1) is 12.2. The quantitative estimate of drug-likeness (QED) is 0.781. The highest BCUT2D eigenvalue weighted by atomic mass is 79.9. The van der Waals surface area contributed by atoms with Crippen molar-refractivity contribution in [3.05, 3.63) is 34.3 Å². The van der Waals surface area contributed by atoms with Crippen LogP contribution in [0.15, 0.2) is 28.7 Å². The van der Waals surface area contributed by atoms with Gasteiger partial charge in [0.15, 0.2) is 0 Å². The molecule has 1 aromatic rings. The first-order valence-corrected chi connectivity index (χ1v) is 5.82. The molecule has 0 N–H and O–H groups in total. The van der Waals surface area contributed by atoms with Crippen molar-refractivity contribution in [1.82, 2.24) is 0 Å². The second-order valence-corrected chi connectivity index (χ2v) is 4.65. The molecule has 0 aromatic heterocycles. The van der Waals surface area contributed by atoms with Crippen LogP contribution in [-0.4, -0.2) is 12.6 Å². The van der Waals surface area contributed by atoms with Gasteiger partial charge in [-0.3, -0.25) is 0 Å². The van der Waals surface area contributed by atoms with Crippen molar-refractivity contribution in [3.8, 4) is 0 Å². The van der Waals surface area contributed by atoms with Crippen LogP contribution in [0, 0.1) is 5.92 Å². The van der Waals surface area contributed by atoms with Gasteiger partial charge in [-0.25, -0.2) is 4.79 Å².